The smallest absolute Gasteiger partial charge is 0.265 e. The maximum atomic E-state index is 13.5. The number of carbonyl (C=O) groups is 2. The maximum absolute atomic E-state index is 13.5. The van der Waals surface area contributed by atoms with E-state index in [0.717, 1.165) is 15.6 Å². The highest BCUT2D eigenvalue weighted by molar-refractivity contribution is 9.10. The highest BCUT2D eigenvalue weighted by Crippen LogP contribution is 2.42. The molecule has 3 aromatic rings. The van der Waals surface area contributed by atoms with Gasteiger partial charge in [-0.1, -0.05) is 57.5 Å². The zero-order chi connectivity index (χ0) is 23.4. The summed E-state index contributed by atoms with van der Waals surface area (Å²) in [6.45, 7) is 2.11. The Bertz CT molecular complexity index is 1250. The minimum atomic E-state index is -0.551. The molecule has 33 heavy (non-hydrogen) atoms. The molecule has 1 aliphatic heterocycles. The Kier molecular flexibility index (Phi) is 7.02. The number of halogens is 1. The fourth-order valence-corrected chi connectivity index (χ4v) is 5.22. The van der Waals surface area contributed by atoms with E-state index < -0.39 is 11.2 Å². The topological polar surface area (TPSA) is 86.3 Å². The molecule has 2 aromatic carbocycles. The first-order valence-electron chi connectivity index (χ1n) is 10.2. The van der Waals surface area contributed by atoms with Gasteiger partial charge in [0.2, 0.25) is 5.91 Å². The van der Waals surface area contributed by atoms with Crippen LogP contribution in [0.4, 0.5) is 5.69 Å². The van der Waals surface area contributed by atoms with Gasteiger partial charge in [0.1, 0.15) is 22.4 Å². The van der Waals surface area contributed by atoms with Crippen LogP contribution in [0.3, 0.4) is 0 Å². The number of nitriles is 1. The van der Waals surface area contributed by atoms with Gasteiger partial charge in [0.15, 0.2) is 0 Å². The van der Waals surface area contributed by atoms with Crippen molar-refractivity contribution in [2.24, 2.45) is 0 Å². The van der Waals surface area contributed by atoms with E-state index in [1.807, 2.05) is 61.5 Å². The van der Waals surface area contributed by atoms with Crippen molar-refractivity contribution < 1.29 is 14.0 Å². The Balaban J connectivity index is 1.68. The van der Waals surface area contributed by atoms with Crippen LogP contribution in [0.5, 0.6) is 0 Å². The third-order valence-electron chi connectivity index (χ3n) is 5.11. The second kappa shape index (κ2) is 10.1. The molecule has 1 aromatic heterocycles. The molecule has 2 heterocycles. The molecule has 0 aliphatic carbocycles. The third kappa shape index (κ3) is 5.21. The van der Waals surface area contributed by atoms with E-state index in [0.29, 0.717) is 22.9 Å². The standard InChI is InChI=1S/C25H20BrN3O3S/c1-16-7-9-19(10-8-16)29-24(31)22(13-17-4-2-5-18(26)12-17)33-25(29)21(14-27)23(30)28-15-20-6-3-11-32-20/h2-12,22H,13,15H2,1H3,(H,28,30)/b25-21+/t22-/m1/s1. The molecule has 1 aliphatic rings. The number of rotatable bonds is 6. The van der Waals surface area contributed by atoms with Crippen LogP contribution in [0.25, 0.3) is 0 Å². The fraction of sp³-hybridized carbons (Fsp3) is 0.160. The number of hydrogen-bond donors (Lipinski definition) is 1. The number of nitrogens with one attached hydrogen (secondary N) is 1. The Morgan fingerprint density at radius 2 is 2.00 bits per heavy atom. The highest BCUT2D eigenvalue weighted by atomic mass is 79.9. The number of amides is 2. The molecule has 0 bridgehead atoms. The van der Waals surface area contributed by atoms with E-state index in [1.54, 1.807) is 12.1 Å². The Morgan fingerprint density at radius 3 is 2.67 bits per heavy atom. The number of nitrogens with zero attached hydrogens (tertiary/aromatic N) is 2. The number of hydrogen-bond acceptors (Lipinski definition) is 5. The van der Waals surface area contributed by atoms with Gasteiger partial charge in [-0.15, -0.1) is 0 Å². The van der Waals surface area contributed by atoms with Crippen LogP contribution >= 0.6 is 27.7 Å². The highest BCUT2D eigenvalue weighted by Gasteiger charge is 2.40. The fourth-order valence-electron chi connectivity index (χ4n) is 3.46. The first kappa shape index (κ1) is 22.9. The van der Waals surface area contributed by atoms with E-state index in [9.17, 15) is 14.9 Å². The van der Waals surface area contributed by atoms with Crippen LogP contribution in [-0.4, -0.2) is 17.1 Å². The van der Waals surface area contributed by atoms with Crippen molar-refractivity contribution >= 4 is 45.2 Å². The SMILES string of the molecule is Cc1ccc(N2C(=O)[C@@H](Cc3cccc(Br)c3)S/C2=C(\C#N)C(=O)NCc2ccco2)cc1. The van der Waals surface area contributed by atoms with Gasteiger partial charge >= 0.3 is 0 Å². The Hall–Kier alpha value is -3.28. The first-order chi connectivity index (χ1) is 16.0. The quantitative estimate of drug-likeness (QED) is 0.360. The summed E-state index contributed by atoms with van der Waals surface area (Å²) in [5.41, 5.74) is 2.56. The lowest BCUT2D eigenvalue weighted by Crippen LogP contribution is -2.32. The van der Waals surface area contributed by atoms with Crippen molar-refractivity contribution in [3.05, 3.63) is 98.9 Å². The summed E-state index contributed by atoms with van der Waals surface area (Å²) < 4.78 is 6.17. The molecular weight excluding hydrogens is 502 g/mol. The molecule has 0 radical (unpaired) electrons. The number of anilines is 1. The number of aryl methyl sites for hydroxylation is 1. The molecule has 1 saturated heterocycles. The predicted molar refractivity (Wildman–Crippen MR) is 131 cm³/mol. The zero-order valence-electron chi connectivity index (χ0n) is 17.7. The van der Waals surface area contributed by atoms with Gasteiger partial charge < -0.3 is 9.73 Å². The molecule has 0 saturated carbocycles. The normalized spacial score (nSPS) is 17.1. The van der Waals surface area contributed by atoms with Crippen molar-refractivity contribution in [1.29, 1.82) is 5.26 Å². The second-order valence-electron chi connectivity index (χ2n) is 7.50. The molecule has 2 amide bonds. The average Bonchev–Trinajstić information content (AvgIpc) is 3.42. The Labute approximate surface area is 204 Å². The predicted octanol–water partition coefficient (Wildman–Crippen LogP) is 5.09. The third-order valence-corrected chi connectivity index (χ3v) is 6.87. The van der Waals surface area contributed by atoms with Crippen LogP contribution in [0.2, 0.25) is 0 Å². The summed E-state index contributed by atoms with van der Waals surface area (Å²) in [4.78, 5) is 27.9. The van der Waals surface area contributed by atoms with Crippen LogP contribution in [0.15, 0.2) is 86.4 Å². The van der Waals surface area contributed by atoms with E-state index in [1.165, 1.54) is 22.9 Å². The van der Waals surface area contributed by atoms with Gasteiger partial charge in [-0.05, 0) is 55.3 Å². The van der Waals surface area contributed by atoms with Crippen molar-refractivity contribution in [3.63, 3.8) is 0 Å². The lowest BCUT2D eigenvalue weighted by atomic mass is 10.1. The second-order valence-corrected chi connectivity index (χ2v) is 9.61. The van der Waals surface area contributed by atoms with E-state index in [4.69, 9.17) is 4.42 Å². The van der Waals surface area contributed by atoms with E-state index in [2.05, 4.69) is 21.2 Å². The molecule has 0 spiro atoms. The Morgan fingerprint density at radius 1 is 1.21 bits per heavy atom. The number of furan rings is 1. The lowest BCUT2D eigenvalue weighted by Gasteiger charge is -2.19. The van der Waals surface area contributed by atoms with Crippen molar-refractivity contribution in [3.8, 4) is 6.07 Å². The summed E-state index contributed by atoms with van der Waals surface area (Å²) in [6, 6.07) is 20.7. The summed E-state index contributed by atoms with van der Waals surface area (Å²) in [5, 5.41) is 12.5. The molecule has 6 nitrogen and oxygen atoms in total. The van der Waals surface area contributed by atoms with Gasteiger partial charge in [0.05, 0.1) is 18.1 Å². The molecule has 1 N–H and O–H groups in total. The molecule has 166 valence electrons. The summed E-state index contributed by atoms with van der Waals surface area (Å²) in [7, 11) is 0. The van der Waals surface area contributed by atoms with E-state index in [-0.39, 0.29) is 18.0 Å². The average molecular weight is 522 g/mol. The van der Waals surface area contributed by atoms with Crippen molar-refractivity contribution in [2.75, 3.05) is 4.90 Å². The van der Waals surface area contributed by atoms with Crippen LogP contribution in [-0.2, 0) is 22.6 Å². The minimum absolute atomic E-state index is 0.0998. The van der Waals surface area contributed by atoms with Gasteiger partial charge in [0.25, 0.3) is 5.91 Å². The molecule has 4 rings (SSSR count). The molecular formula is C25H20BrN3O3S. The summed E-state index contributed by atoms with van der Waals surface area (Å²) >= 11 is 4.71. The number of thioether (sulfide) groups is 1. The molecule has 1 fully saturated rings. The van der Waals surface area contributed by atoms with Gasteiger partial charge in [-0.3, -0.25) is 14.5 Å². The summed E-state index contributed by atoms with van der Waals surface area (Å²) in [5.74, 6) is -0.140. The van der Waals surface area contributed by atoms with Gasteiger partial charge in [-0.25, -0.2) is 0 Å². The summed E-state index contributed by atoms with van der Waals surface area (Å²) in [6.07, 6.45) is 1.99. The van der Waals surface area contributed by atoms with Crippen LogP contribution in [0, 0.1) is 18.3 Å². The van der Waals surface area contributed by atoms with Crippen LogP contribution in [0.1, 0.15) is 16.9 Å². The lowest BCUT2D eigenvalue weighted by molar-refractivity contribution is -0.117. The number of benzene rings is 2. The maximum Gasteiger partial charge on any atom is 0.265 e. The van der Waals surface area contributed by atoms with Crippen LogP contribution < -0.4 is 10.2 Å². The minimum Gasteiger partial charge on any atom is -0.467 e. The molecule has 1 atom stereocenters. The van der Waals surface area contributed by atoms with E-state index >= 15 is 0 Å². The molecule has 0 unspecified atom stereocenters. The molecule has 8 heteroatoms. The first-order valence-corrected chi connectivity index (χ1v) is 11.9. The van der Waals surface area contributed by atoms with Crippen molar-refractivity contribution in [2.45, 2.75) is 25.1 Å². The largest absolute Gasteiger partial charge is 0.467 e. The zero-order valence-corrected chi connectivity index (χ0v) is 20.2. The van der Waals surface area contributed by atoms with Gasteiger partial charge in [-0.2, -0.15) is 5.26 Å². The van der Waals surface area contributed by atoms with Crippen molar-refractivity contribution in [1.82, 2.24) is 5.32 Å². The monoisotopic (exact) mass is 521 g/mol. The number of carbonyl (C=O) groups excluding carboxylic acids is 2. The van der Waals surface area contributed by atoms with Gasteiger partial charge in [0, 0.05) is 10.2 Å².